The highest BCUT2D eigenvalue weighted by Crippen LogP contribution is 2.30. The minimum atomic E-state index is -0.421. The summed E-state index contributed by atoms with van der Waals surface area (Å²) in [5.74, 6) is -0.177. The van der Waals surface area contributed by atoms with E-state index in [1.165, 1.54) is 0 Å². The molecule has 1 heterocycles. The maximum atomic E-state index is 12.3. The Hall–Kier alpha value is -3.59. The van der Waals surface area contributed by atoms with Crippen LogP contribution in [0.2, 0.25) is 0 Å². The minimum Gasteiger partial charge on any atom is -0.502 e. The summed E-state index contributed by atoms with van der Waals surface area (Å²) in [6.07, 6.45) is 4.04. The number of benzene rings is 3. The average Bonchev–Trinajstić information content (AvgIpc) is 2.70. The molecular formula is C23H16O3. The monoisotopic (exact) mass is 340 g/mol. The molecule has 0 atom stereocenters. The molecule has 126 valence electrons. The molecule has 0 spiro atoms. The first-order valence-corrected chi connectivity index (χ1v) is 8.31. The van der Waals surface area contributed by atoms with E-state index in [9.17, 15) is 9.90 Å². The highest BCUT2D eigenvalue weighted by atomic mass is 16.4. The first-order chi connectivity index (χ1) is 12.7. The number of hydrogen-bond donors (Lipinski definition) is 1. The summed E-state index contributed by atoms with van der Waals surface area (Å²) in [5.41, 5.74) is 2.82. The zero-order valence-corrected chi connectivity index (χ0v) is 13.9. The van der Waals surface area contributed by atoms with Gasteiger partial charge in [-0.2, -0.15) is 0 Å². The second-order valence-electron chi connectivity index (χ2n) is 5.97. The van der Waals surface area contributed by atoms with Gasteiger partial charge in [-0.3, -0.25) is 4.79 Å². The summed E-state index contributed by atoms with van der Waals surface area (Å²) >= 11 is 0. The fourth-order valence-electron chi connectivity index (χ4n) is 2.83. The van der Waals surface area contributed by atoms with Crippen LogP contribution in [0.15, 0.2) is 88.1 Å². The number of fused-ring (bicyclic) bond motifs is 1. The Balaban J connectivity index is 1.69. The molecule has 1 aromatic heterocycles. The molecule has 3 nitrogen and oxygen atoms in total. The number of aromatic hydroxyl groups is 1. The van der Waals surface area contributed by atoms with Crippen molar-refractivity contribution in [3.63, 3.8) is 0 Å². The van der Waals surface area contributed by atoms with Gasteiger partial charge in [-0.05, 0) is 23.3 Å². The summed E-state index contributed by atoms with van der Waals surface area (Å²) in [6.45, 7) is 0. The van der Waals surface area contributed by atoms with Crippen molar-refractivity contribution in [3.8, 4) is 17.1 Å². The normalized spacial score (nSPS) is 11.2. The van der Waals surface area contributed by atoms with E-state index in [0.29, 0.717) is 16.5 Å². The number of para-hydroxylation sites is 1. The Bertz CT molecular complexity index is 1140. The molecule has 4 rings (SSSR count). The Labute approximate surface area is 150 Å². The number of rotatable bonds is 3. The summed E-state index contributed by atoms with van der Waals surface area (Å²) in [5, 5.41) is 10.6. The molecule has 0 saturated heterocycles. The maximum Gasteiger partial charge on any atom is 0.235 e. The van der Waals surface area contributed by atoms with Gasteiger partial charge in [-0.15, -0.1) is 0 Å². The van der Waals surface area contributed by atoms with Gasteiger partial charge in [-0.25, -0.2) is 0 Å². The smallest absolute Gasteiger partial charge is 0.235 e. The molecule has 0 aliphatic carbocycles. The first-order valence-electron chi connectivity index (χ1n) is 8.31. The van der Waals surface area contributed by atoms with E-state index in [0.717, 1.165) is 11.1 Å². The zero-order valence-electron chi connectivity index (χ0n) is 13.9. The highest BCUT2D eigenvalue weighted by Gasteiger charge is 2.14. The SMILES string of the molecule is O=c1c(O)c(-c2ccc(/C=C/c3ccccc3)cc2)oc2ccccc12. The fraction of sp³-hybridized carbons (Fsp3) is 0. The lowest BCUT2D eigenvalue weighted by molar-refractivity contribution is 0.449. The van der Waals surface area contributed by atoms with Gasteiger partial charge in [0.05, 0.1) is 5.39 Å². The van der Waals surface area contributed by atoms with Crippen molar-refractivity contribution in [1.29, 1.82) is 0 Å². The quantitative estimate of drug-likeness (QED) is 0.512. The van der Waals surface area contributed by atoms with Crippen molar-refractivity contribution in [1.82, 2.24) is 0 Å². The van der Waals surface area contributed by atoms with E-state index in [4.69, 9.17) is 4.42 Å². The van der Waals surface area contributed by atoms with Gasteiger partial charge in [-0.1, -0.05) is 78.9 Å². The van der Waals surface area contributed by atoms with Crippen LogP contribution in [-0.4, -0.2) is 5.11 Å². The molecule has 26 heavy (non-hydrogen) atoms. The van der Waals surface area contributed by atoms with Crippen LogP contribution in [-0.2, 0) is 0 Å². The molecule has 3 aromatic carbocycles. The Morgan fingerprint density at radius 3 is 2.08 bits per heavy atom. The van der Waals surface area contributed by atoms with Crippen molar-refractivity contribution in [2.75, 3.05) is 0 Å². The van der Waals surface area contributed by atoms with Crippen LogP contribution in [0, 0.1) is 0 Å². The zero-order chi connectivity index (χ0) is 17.9. The van der Waals surface area contributed by atoms with E-state index in [-0.39, 0.29) is 11.5 Å². The minimum absolute atomic E-state index is 0.187. The van der Waals surface area contributed by atoms with Crippen molar-refractivity contribution in [2.45, 2.75) is 0 Å². The fourth-order valence-corrected chi connectivity index (χ4v) is 2.83. The lowest BCUT2D eigenvalue weighted by atomic mass is 10.1. The Morgan fingerprint density at radius 1 is 0.731 bits per heavy atom. The predicted molar refractivity (Wildman–Crippen MR) is 105 cm³/mol. The van der Waals surface area contributed by atoms with Gasteiger partial charge in [0, 0.05) is 5.56 Å². The van der Waals surface area contributed by atoms with Crippen LogP contribution < -0.4 is 5.43 Å². The summed E-state index contributed by atoms with van der Waals surface area (Å²) in [7, 11) is 0. The molecule has 0 aliphatic heterocycles. The second kappa shape index (κ2) is 6.73. The maximum absolute atomic E-state index is 12.3. The van der Waals surface area contributed by atoms with Crippen LogP contribution in [0.25, 0.3) is 34.4 Å². The van der Waals surface area contributed by atoms with E-state index >= 15 is 0 Å². The van der Waals surface area contributed by atoms with Gasteiger partial charge in [0.15, 0.2) is 5.76 Å². The first kappa shape index (κ1) is 15.9. The van der Waals surface area contributed by atoms with Crippen molar-refractivity contribution in [3.05, 3.63) is 100 Å². The lowest BCUT2D eigenvalue weighted by Crippen LogP contribution is -2.02. The van der Waals surface area contributed by atoms with Crippen LogP contribution in [0.4, 0.5) is 0 Å². The molecule has 0 unspecified atom stereocenters. The molecule has 0 saturated carbocycles. The van der Waals surface area contributed by atoms with Crippen molar-refractivity contribution in [2.24, 2.45) is 0 Å². The predicted octanol–water partition coefficient (Wildman–Crippen LogP) is 5.34. The summed E-state index contributed by atoms with van der Waals surface area (Å²) < 4.78 is 5.76. The molecule has 0 amide bonds. The van der Waals surface area contributed by atoms with E-state index in [2.05, 4.69) is 0 Å². The summed E-state index contributed by atoms with van der Waals surface area (Å²) in [6, 6.07) is 24.4. The second-order valence-corrected chi connectivity index (χ2v) is 5.97. The Kier molecular flexibility index (Phi) is 4.12. The van der Waals surface area contributed by atoms with E-state index in [1.54, 1.807) is 24.3 Å². The third-order valence-electron chi connectivity index (χ3n) is 4.21. The summed E-state index contributed by atoms with van der Waals surface area (Å²) in [4.78, 5) is 12.3. The molecular weight excluding hydrogens is 324 g/mol. The average molecular weight is 340 g/mol. The molecule has 3 heteroatoms. The van der Waals surface area contributed by atoms with Gasteiger partial charge >= 0.3 is 0 Å². The lowest BCUT2D eigenvalue weighted by Gasteiger charge is -2.06. The van der Waals surface area contributed by atoms with Gasteiger partial charge in [0.1, 0.15) is 5.58 Å². The van der Waals surface area contributed by atoms with Crippen LogP contribution >= 0.6 is 0 Å². The van der Waals surface area contributed by atoms with E-state index < -0.39 is 5.43 Å². The van der Waals surface area contributed by atoms with Crippen LogP contribution in [0.5, 0.6) is 5.75 Å². The Morgan fingerprint density at radius 2 is 1.35 bits per heavy atom. The van der Waals surface area contributed by atoms with Crippen molar-refractivity contribution < 1.29 is 9.52 Å². The molecule has 0 fully saturated rings. The molecule has 0 radical (unpaired) electrons. The number of hydrogen-bond acceptors (Lipinski definition) is 3. The van der Waals surface area contributed by atoms with Gasteiger partial charge in [0.2, 0.25) is 11.2 Å². The third-order valence-corrected chi connectivity index (χ3v) is 4.21. The molecule has 1 N–H and O–H groups in total. The molecule has 0 aliphatic rings. The third kappa shape index (κ3) is 3.03. The standard InChI is InChI=1S/C23H16O3/c24-21-19-8-4-5-9-20(19)26-23(22(21)25)18-14-12-17(13-15-18)11-10-16-6-2-1-3-7-16/h1-15,25H/b11-10+. The largest absolute Gasteiger partial charge is 0.502 e. The van der Waals surface area contributed by atoms with Crippen molar-refractivity contribution >= 4 is 23.1 Å². The van der Waals surface area contributed by atoms with Gasteiger partial charge in [0.25, 0.3) is 0 Å². The molecule has 0 bridgehead atoms. The van der Waals surface area contributed by atoms with Gasteiger partial charge < -0.3 is 9.52 Å². The van der Waals surface area contributed by atoms with Crippen LogP contribution in [0.1, 0.15) is 11.1 Å². The topological polar surface area (TPSA) is 50.4 Å². The highest BCUT2D eigenvalue weighted by molar-refractivity contribution is 5.82. The van der Waals surface area contributed by atoms with E-state index in [1.807, 2.05) is 66.7 Å². The van der Waals surface area contributed by atoms with Crippen LogP contribution in [0.3, 0.4) is 0 Å². The molecule has 4 aromatic rings.